The summed E-state index contributed by atoms with van der Waals surface area (Å²) in [6, 6.07) is 10.9. The third-order valence-electron chi connectivity index (χ3n) is 4.51. The lowest BCUT2D eigenvalue weighted by molar-refractivity contribution is 0.269. The summed E-state index contributed by atoms with van der Waals surface area (Å²) in [5.41, 5.74) is 1.88. The second-order valence-electron chi connectivity index (χ2n) is 5.96. The van der Waals surface area contributed by atoms with Crippen LogP contribution in [0.3, 0.4) is 0 Å². The average molecular weight is 244 g/mol. The van der Waals surface area contributed by atoms with Crippen LogP contribution in [0.2, 0.25) is 0 Å². The van der Waals surface area contributed by atoms with E-state index in [1.807, 2.05) is 0 Å². The van der Waals surface area contributed by atoms with Crippen molar-refractivity contribution in [2.75, 3.05) is 19.6 Å². The zero-order valence-corrected chi connectivity index (χ0v) is 11.2. The molecule has 1 aromatic carbocycles. The van der Waals surface area contributed by atoms with Gasteiger partial charge in [-0.1, -0.05) is 43.2 Å². The van der Waals surface area contributed by atoms with Gasteiger partial charge in [-0.05, 0) is 31.4 Å². The Hall–Kier alpha value is -0.860. The highest BCUT2D eigenvalue weighted by atomic mass is 15.2. The minimum Gasteiger partial charge on any atom is -0.310 e. The second-order valence-corrected chi connectivity index (χ2v) is 5.96. The minimum absolute atomic E-state index is 0.436. The normalized spacial score (nSPS) is 29.6. The van der Waals surface area contributed by atoms with Crippen LogP contribution in [0.1, 0.15) is 37.7 Å². The van der Waals surface area contributed by atoms with Gasteiger partial charge in [0.1, 0.15) is 0 Å². The van der Waals surface area contributed by atoms with Crippen LogP contribution in [-0.4, -0.2) is 30.1 Å². The highest BCUT2D eigenvalue weighted by molar-refractivity contribution is 5.15. The first kappa shape index (κ1) is 12.2. The quantitative estimate of drug-likeness (QED) is 0.860. The van der Waals surface area contributed by atoms with Gasteiger partial charge in [-0.15, -0.1) is 0 Å². The van der Waals surface area contributed by atoms with E-state index in [9.17, 15) is 0 Å². The van der Waals surface area contributed by atoms with Gasteiger partial charge in [0.2, 0.25) is 0 Å². The molecule has 0 aromatic heterocycles. The predicted octanol–water partition coefficient (Wildman–Crippen LogP) is 2.79. The molecule has 0 aliphatic carbocycles. The third kappa shape index (κ3) is 2.76. The number of hydrogen-bond acceptors (Lipinski definition) is 2. The van der Waals surface area contributed by atoms with Gasteiger partial charge in [-0.2, -0.15) is 0 Å². The monoisotopic (exact) mass is 244 g/mol. The van der Waals surface area contributed by atoms with E-state index >= 15 is 0 Å². The molecular formula is C16H24N2. The van der Waals surface area contributed by atoms with Crippen molar-refractivity contribution in [2.24, 2.45) is 0 Å². The molecule has 2 saturated heterocycles. The molecule has 1 spiro atoms. The Bertz CT molecular complexity index is 366. The smallest absolute Gasteiger partial charge is 0.0321 e. The summed E-state index contributed by atoms with van der Waals surface area (Å²) >= 11 is 0. The van der Waals surface area contributed by atoms with Crippen molar-refractivity contribution in [3.05, 3.63) is 35.9 Å². The Morgan fingerprint density at radius 3 is 2.83 bits per heavy atom. The summed E-state index contributed by atoms with van der Waals surface area (Å²) in [4.78, 5) is 2.62. The SMILES string of the molecule is c1ccc(CN2CCC3(CCCCCN3)C2)cc1. The number of benzene rings is 1. The van der Waals surface area contributed by atoms with E-state index < -0.39 is 0 Å². The van der Waals surface area contributed by atoms with E-state index in [2.05, 4.69) is 40.5 Å². The van der Waals surface area contributed by atoms with Gasteiger partial charge < -0.3 is 5.32 Å². The molecule has 1 unspecified atom stereocenters. The number of hydrogen-bond donors (Lipinski definition) is 1. The molecule has 0 saturated carbocycles. The van der Waals surface area contributed by atoms with Crippen LogP contribution in [0.15, 0.2) is 30.3 Å². The summed E-state index contributed by atoms with van der Waals surface area (Å²) in [6.45, 7) is 4.83. The van der Waals surface area contributed by atoms with Gasteiger partial charge in [-0.25, -0.2) is 0 Å². The fourth-order valence-corrected chi connectivity index (χ4v) is 3.49. The Morgan fingerprint density at radius 1 is 1.06 bits per heavy atom. The first-order valence-corrected chi connectivity index (χ1v) is 7.38. The van der Waals surface area contributed by atoms with Crippen LogP contribution in [-0.2, 0) is 6.54 Å². The highest BCUT2D eigenvalue weighted by Gasteiger charge is 2.37. The molecule has 1 N–H and O–H groups in total. The highest BCUT2D eigenvalue weighted by Crippen LogP contribution is 2.29. The molecule has 2 fully saturated rings. The lowest BCUT2D eigenvalue weighted by atomic mass is 9.93. The van der Waals surface area contributed by atoms with E-state index in [-0.39, 0.29) is 0 Å². The molecule has 2 nitrogen and oxygen atoms in total. The number of likely N-dealkylation sites (tertiary alicyclic amines) is 1. The van der Waals surface area contributed by atoms with E-state index in [0.29, 0.717) is 5.54 Å². The molecular weight excluding hydrogens is 220 g/mol. The molecule has 0 bridgehead atoms. The summed E-state index contributed by atoms with van der Waals surface area (Å²) in [6.07, 6.45) is 6.89. The third-order valence-corrected chi connectivity index (χ3v) is 4.51. The van der Waals surface area contributed by atoms with Gasteiger partial charge in [0.25, 0.3) is 0 Å². The van der Waals surface area contributed by atoms with Crippen molar-refractivity contribution in [3.8, 4) is 0 Å². The predicted molar refractivity (Wildman–Crippen MR) is 75.5 cm³/mol. The van der Waals surface area contributed by atoms with Crippen LogP contribution in [0.25, 0.3) is 0 Å². The number of rotatable bonds is 2. The lowest BCUT2D eigenvalue weighted by Crippen LogP contribution is -2.46. The Morgan fingerprint density at radius 2 is 1.94 bits per heavy atom. The van der Waals surface area contributed by atoms with Crippen molar-refractivity contribution >= 4 is 0 Å². The van der Waals surface area contributed by atoms with Gasteiger partial charge in [0.05, 0.1) is 0 Å². The summed E-state index contributed by atoms with van der Waals surface area (Å²) in [7, 11) is 0. The van der Waals surface area contributed by atoms with Crippen LogP contribution in [0, 0.1) is 0 Å². The summed E-state index contributed by atoms with van der Waals surface area (Å²) in [5.74, 6) is 0. The zero-order valence-electron chi connectivity index (χ0n) is 11.2. The van der Waals surface area contributed by atoms with Crippen LogP contribution in [0.4, 0.5) is 0 Å². The van der Waals surface area contributed by atoms with Gasteiger partial charge in [0.15, 0.2) is 0 Å². The molecule has 3 rings (SSSR count). The summed E-state index contributed by atoms with van der Waals surface area (Å²) in [5, 5.41) is 3.83. The maximum absolute atomic E-state index is 3.83. The van der Waals surface area contributed by atoms with Crippen molar-refractivity contribution in [2.45, 2.75) is 44.2 Å². The zero-order chi connectivity index (χ0) is 12.3. The lowest BCUT2D eigenvalue weighted by Gasteiger charge is -2.29. The van der Waals surface area contributed by atoms with E-state index in [4.69, 9.17) is 0 Å². The van der Waals surface area contributed by atoms with E-state index in [1.165, 1.54) is 57.3 Å². The molecule has 2 aliphatic heterocycles. The van der Waals surface area contributed by atoms with E-state index in [0.717, 1.165) is 6.54 Å². The van der Waals surface area contributed by atoms with Gasteiger partial charge in [-0.3, -0.25) is 4.90 Å². The van der Waals surface area contributed by atoms with Crippen molar-refractivity contribution < 1.29 is 0 Å². The minimum atomic E-state index is 0.436. The Balaban J connectivity index is 1.60. The summed E-state index contributed by atoms with van der Waals surface area (Å²) < 4.78 is 0. The number of nitrogens with zero attached hydrogens (tertiary/aromatic N) is 1. The standard InChI is InChI=1S/C16H24N2/c1-3-7-15(8-4-1)13-18-12-10-16(14-18)9-5-2-6-11-17-16/h1,3-4,7-8,17H,2,5-6,9-14H2. The van der Waals surface area contributed by atoms with Crippen molar-refractivity contribution in [3.63, 3.8) is 0 Å². The first-order chi connectivity index (χ1) is 8.86. The van der Waals surface area contributed by atoms with Crippen LogP contribution in [0.5, 0.6) is 0 Å². The fraction of sp³-hybridized carbons (Fsp3) is 0.625. The van der Waals surface area contributed by atoms with Gasteiger partial charge in [0, 0.05) is 25.2 Å². The maximum atomic E-state index is 3.83. The maximum Gasteiger partial charge on any atom is 0.0321 e. The topological polar surface area (TPSA) is 15.3 Å². The molecule has 0 radical (unpaired) electrons. The van der Waals surface area contributed by atoms with Crippen LogP contribution >= 0.6 is 0 Å². The second kappa shape index (κ2) is 5.41. The van der Waals surface area contributed by atoms with E-state index in [1.54, 1.807) is 0 Å². The average Bonchev–Trinajstić information content (AvgIpc) is 2.64. The molecule has 2 heteroatoms. The van der Waals surface area contributed by atoms with Crippen molar-refractivity contribution in [1.29, 1.82) is 0 Å². The molecule has 18 heavy (non-hydrogen) atoms. The number of nitrogens with one attached hydrogen (secondary N) is 1. The molecule has 1 aromatic rings. The Kier molecular flexibility index (Phi) is 3.67. The molecule has 0 amide bonds. The van der Waals surface area contributed by atoms with Crippen molar-refractivity contribution in [1.82, 2.24) is 10.2 Å². The first-order valence-electron chi connectivity index (χ1n) is 7.38. The Labute approximate surface area is 110 Å². The molecule has 2 aliphatic rings. The van der Waals surface area contributed by atoms with Gasteiger partial charge >= 0.3 is 0 Å². The largest absolute Gasteiger partial charge is 0.310 e. The molecule has 98 valence electrons. The fourth-order valence-electron chi connectivity index (χ4n) is 3.49. The molecule has 1 atom stereocenters. The van der Waals surface area contributed by atoms with Crippen LogP contribution < -0.4 is 5.32 Å². The molecule has 2 heterocycles.